The fraction of sp³-hybridized carbons (Fsp3) is 0.312. The van der Waals surface area contributed by atoms with Gasteiger partial charge in [-0.25, -0.2) is 4.68 Å². The van der Waals surface area contributed by atoms with E-state index in [1.165, 1.54) is 17.7 Å². The van der Waals surface area contributed by atoms with Crippen LogP contribution in [0, 0.1) is 0 Å². The highest BCUT2D eigenvalue weighted by atomic mass is 16.5. The number of aromatic nitrogens is 5. The fourth-order valence-electron chi connectivity index (χ4n) is 2.89. The summed E-state index contributed by atoms with van der Waals surface area (Å²) in [4.78, 5) is 0. The normalized spacial score (nSPS) is 13.1. The smallest absolute Gasteiger partial charge is 0.169 e. The lowest BCUT2D eigenvalue weighted by atomic mass is 10.2. The maximum atomic E-state index is 5.24. The number of hydrogen-bond donors (Lipinski definition) is 1. The zero-order chi connectivity index (χ0) is 15.6. The first-order chi connectivity index (χ1) is 11.3. The Morgan fingerprint density at radius 1 is 1.35 bits per heavy atom. The molecule has 3 heterocycles. The van der Waals surface area contributed by atoms with Gasteiger partial charge in [0.25, 0.3) is 0 Å². The molecule has 2 aromatic heterocycles. The molecular formula is C16H18N6O. The van der Waals surface area contributed by atoms with Gasteiger partial charge in [0.05, 0.1) is 25.2 Å². The van der Waals surface area contributed by atoms with Crippen LogP contribution >= 0.6 is 0 Å². The van der Waals surface area contributed by atoms with Crippen molar-refractivity contribution in [3.8, 4) is 11.4 Å². The maximum Gasteiger partial charge on any atom is 0.169 e. The number of benzene rings is 1. The van der Waals surface area contributed by atoms with E-state index in [-0.39, 0.29) is 0 Å². The van der Waals surface area contributed by atoms with E-state index >= 15 is 0 Å². The van der Waals surface area contributed by atoms with Gasteiger partial charge in [-0.3, -0.25) is 4.68 Å². The molecule has 0 amide bonds. The lowest BCUT2D eigenvalue weighted by Crippen LogP contribution is -2.01. The number of nitrogens with one attached hydrogen (secondary N) is 1. The van der Waals surface area contributed by atoms with Crippen molar-refractivity contribution in [2.75, 3.05) is 12.4 Å². The molecule has 118 valence electrons. The monoisotopic (exact) mass is 310 g/mol. The van der Waals surface area contributed by atoms with Crippen LogP contribution < -0.4 is 10.1 Å². The molecule has 1 N–H and O–H groups in total. The predicted molar refractivity (Wildman–Crippen MR) is 85.8 cm³/mol. The summed E-state index contributed by atoms with van der Waals surface area (Å²) < 4.78 is 9.05. The minimum Gasteiger partial charge on any atom is -0.497 e. The van der Waals surface area contributed by atoms with Gasteiger partial charge in [0, 0.05) is 30.4 Å². The van der Waals surface area contributed by atoms with E-state index in [1.807, 2.05) is 36.7 Å². The molecule has 0 aliphatic carbocycles. The molecule has 3 aromatic rings. The lowest BCUT2D eigenvalue weighted by Gasteiger charge is -2.03. The van der Waals surface area contributed by atoms with Crippen LogP contribution in [-0.4, -0.2) is 31.9 Å². The van der Waals surface area contributed by atoms with Crippen LogP contribution in [0.4, 0.5) is 5.82 Å². The van der Waals surface area contributed by atoms with Crippen LogP contribution in [0.2, 0.25) is 0 Å². The van der Waals surface area contributed by atoms with Crippen molar-refractivity contribution in [1.29, 1.82) is 0 Å². The molecule has 0 saturated heterocycles. The summed E-state index contributed by atoms with van der Waals surface area (Å²) in [6.45, 7) is 1.74. The Labute approximate surface area is 133 Å². The summed E-state index contributed by atoms with van der Waals surface area (Å²) in [5.74, 6) is 1.54. The highest BCUT2D eigenvalue weighted by Crippen LogP contribution is 2.20. The molecule has 1 aromatic carbocycles. The van der Waals surface area contributed by atoms with E-state index in [0.29, 0.717) is 6.54 Å². The number of nitrogens with zero attached hydrogens (tertiary/aromatic N) is 5. The molecule has 23 heavy (non-hydrogen) atoms. The molecule has 1 aliphatic heterocycles. The summed E-state index contributed by atoms with van der Waals surface area (Å²) in [7, 11) is 1.65. The van der Waals surface area contributed by atoms with Crippen molar-refractivity contribution < 1.29 is 4.74 Å². The standard InChI is InChI=1S/C16H18N6O/c1-23-14-5-2-4-13(8-14)22-11-16(19-20-22)17-9-12-10-18-21-7-3-6-15(12)21/h2,4-5,8,10-11,17H,3,6-7,9H2,1H3. The van der Waals surface area contributed by atoms with Crippen molar-refractivity contribution in [1.82, 2.24) is 24.8 Å². The fourth-order valence-corrected chi connectivity index (χ4v) is 2.89. The summed E-state index contributed by atoms with van der Waals surface area (Å²) in [5.41, 5.74) is 3.48. The predicted octanol–water partition coefficient (Wildman–Crippen LogP) is 2.03. The van der Waals surface area contributed by atoms with E-state index in [2.05, 4.69) is 25.4 Å². The quantitative estimate of drug-likeness (QED) is 0.781. The van der Waals surface area contributed by atoms with Crippen molar-refractivity contribution in [3.05, 3.63) is 47.9 Å². The Hall–Kier alpha value is -2.83. The second kappa shape index (κ2) is 5.75. The van der Waals surface area contributed by atoms with Gasteiger partial charge in [0.15, 0.2) is 5.82 Å². The first-order valence-corrected chi connectivity index (χ1v) is 7.68. The van der Waals surface area contributed by atoms with Gasteiger partial charge in [-0.05, 0) is 25.0 Å². The zero-order valence-corrected chi connectivity index (χ0v) is 12.9. The number of ether oxygens (including phenoxy) is 1. The van der Waals surface area contributed by atoms with Crippen LogP contribution in [0.25, 0.3) is 5.69 Å². The molecule has 7 heteroatoms. The topological polar surface area (TPSA) is 69.8 Å². The van der Waals surface area contributed by atoms with Crippen LogP contribution in [0.15, 0.2) is 36.7 Å². The Balaban J connectivity index is 1.47. The Morgan fingerprint density at radius 3 is 3.22 bits per heavy atom. The first-order valence-electron chi connectivity index (χ1n) is 7.68. The third-order valence-corrected chi connectivity index (χ3v) is 4.09. The summed E-state index contributed by atoms with van der Waals surface area (Å²) in [5, 5.41) is 16.1. The zero-order valence-electron chi connectivity index (χ0n) is 12.9. The van der Waals surface area contributed by atoms with E-state index in [0.717, 1.165) is 30.2 Å². The van der Waals surface area contributed by atoms with E-state index in [9.17, 15) is 0 Å². The first kappa shape index (κ1) is 13.8. The molecule has 0 radical (unpaired) electrons. The molecule has 0 unspecified atom stereocenters. The number of rotatable bonds is 5. The third kappa shape index (κ3) is 2.65. The molecule has 0 atom stereocenters. The van der Waals surface area contributed by atoms with Gasteiger partial charge in [-0.15, -0.1) is 5.10 Å². The van der Waals surface area contributed by atoms with Crippen LogP contribution in [0.3, 0.4) is 0 Å². The highest BCUT2D eigenvalue weighted by Gasteiger charge is 2.16. The van der Waals surface area contributed by atoms with Crippen LogP contribution in [-0.2, 0) is 19.5 Å². The molecular weight excluding hydrogens is 292 g/mol. The van der Waals surface area contributed by atoms with Gasteiger partial charge in [0.2, 0.25) is 0 Å². The number of aryl methyl sites for hydroxylation is 1. The Morgan fingerprint density at radius 2 is 2.30 bits per heavy atom. The average molecular weight is 310 g/mol. The van der Waals surface area contributed by atoms with Gasteiger partial charge >= 0.3 is 0 Å². The van der Waals surface area contributed by atoms with Gasteiger partial charge in [0.1, 0.15) is 5.75 Å². The lowest BCUT2D eigenvalue weighted by molar-refractivity contribution is 0.414. The molecule has 4 rings (SSSR count). The Bertz CT molecular complexity index is 822. The molecule has 7 nitrogen and oxygen atoms in total. The van der Waals surface area contributed by atoms with Gasteiger partial charge < -0.3 is 10.1 Å². The average Bonchev–Trinajstić information content (AvgIpc) is 3.30. The van der Waals surface area contributed by atoms with E-state index < -0.39 is 0 Å². The highest BCUT2D eigenvalue weighted by molar-refractivity contribution is 5.41. The van der Waals surface area contributed by atoms with E-state index in [4.69, 9.17) is 4.74 Å². The minimum absolute atomic E-state index is 0.714. The number of hydrogen-bond acceptors (Lipinski definition) is 5. The van der Waals surface area contributed by atoms with Gasteiger partial charge in [-0.2, -0.15) is 5.10 Å². The van der Waals surface area contributed by atoms with Crippen LogP contribution in [0.1, 0.15) is 17.7 Å². The van der Waals surface area contributed by atoms with Crippen molar-refractivity contribution in [2.45, 2.75) is 25.9 Å². The molecule has 0 bridgehead atoms. The van der Waals surface area contributed by atoms with Crippen molar-refractivity contribution in [2.24, 2.45) is 0 Å². The Kier molecular flexibility index (Phi) is 3.45. The molecule has 0 saturated carbocycles. The minimum atomic E-state index is 0.714. The molecule has 1 aliphatic rings. The maximum absolute atomic E-state index is 5.24. The van der Waals surface area contributed by atoms with E-state index in [1.54, 1.807) is 11.8 Å². The van der Waals surface area contributed by atoms with Gasteiger partial charge in [-0.1, -0.05) is 11.3 Å². The second-order valence-corrected chi connectivity index (χ2v) is 5.55. The van der Waals surface area contributed by atoms with Crippen LogP contribution in [0.5, 0.6) is 5.75 Å². The van der Waals surface area contributed by atoms with Crippen molar-refractivity contribution >= 4 is 5.82 Å². The second-order valence-electron chi connectivity index (χ2n) is 5.55. The number of anilines is 1. The third-order valence-electron chi connectivity index (χ3n) is 4.09. The summed E-state index contributed by atoms with van der Waals surface area (Å²) in [6.07, 6.45) is 6.10. The molecule has 0 fully saturated rings. The largest absolute Gasteiger partial charge is 0.497 e. The van der Waals surface area contributed by atoms with Crippen molar-refractivity contribution in [3.63, 3.8) is 0 Å². The summed E-state index contributed by atoms with van der Waals surface area (Å²) >= 11 is 0. The number of methoxy groups -OCH3 is 1. The molecule has 0 spiro atoms. The number of fused-ring (bicyclic) bond motifs is 1. The SMILES string of the molecule is COc1cccc(-n2cc(NCc3cnn4c3CCC4)nn2)c1. The summed E-state index contributed by atoms with van der Waals surface area (Å²) in [6, 6.07) is 7.72.